The third kappa shape index (κ3) is 4.48. The molecule has 7 nitrogen and oxygen atoms in total. The van der Waals surface area contributed by atoms with Crippen molar-refractivity contribution in [3.63, 3.8) is 0 Å². The van der Waals surface area contributed by atoms with Gasteiger partial charge < -0.3 is 20.0 Å². The Bertz CT molecular complexity index is 1530. The standard InChI is InChI=1S/C30H29N3O4/c1-19-9-10-20-16-21(11-14-26(20)33(19)30(37)25-13-12-23(34)17-28(25)35)29(36)32(3)18-22-6-4-8-27-24(22)7-5-15-31(27)2/h4-8,11-17,19H,9-10,18H2,1-3H3,(H-,34,35,37)/p+1/t19-/m0/s1. The molecular formula is C30H30N3O4+. The quantitative estimate of drug-likeness (QED) is 0.412. The summed E-state index contributed by atoms with van der Waals surface area (Å²) in [5, 5.41) is 21.0. The van der Waals surface area contributed by atoms with Crippen LogP contribution in [0.5, 0.6) is 11.5 Å². The fraction of sp³-hybridized carbons (Fsp3) is 0.233. The second-order valence-electron chi connectivity index (χ2n) is 9.74. The molecule has 4 aromatic rings. The molecule has 7 heteroatoms. The van der Waals surface area contributed by atoms with Gasteiger partial charge in [-0.25, -0.2) is 4.57 Å². The van der Waals surface area contributed by atoms with Crippen LogP contribution in [-0.2, 0) is 20.0 Å². The average molecular weight is 497 g/mol. The lowest BCUT2D eigenvalue weighted by molar-refractivity contribution is -0.644. The van der Waals surface area contributed by atoms with Gasteiger partial charge in [0.1, 0.15) is 18.5 Å². The molecule has 0 radical (unpaired) electrons. The zero-order chi connectivity index (χ0) is 26.3. The molecule has 1 aliphatic heterocycles. The van der Waals surface area contributed by atoms with Gasteiger partial charge in [0.15, 0.2) is 6.20 Å². The second kappa shape index (κ2) is 9.58. The first-order valence-electron chi connectivity index (χ1n) is 12.3. The number of phenolic OH excluding ortho intramolecular Hbond substituents is 2. The summed E-state index contributed by atoms with van der Waals surface area (Å²) in [7, 11) is 3.81. The molecule has 5 rings (SSSR count). The van der Waals surface area contributed by atoms with Gasteiger partial charge in [0, 0.05) is 49.1 Å². The summed E-state index contributed by atoms with van der Waals surface area (Å²) in [4.78, 5) is 30.2. The fourth-order valence-corrected chi connectivity index (χ4v) is 5.16. The van der Waals surface area contributed by atoms with Crippen LogP contribution in [0.25, 0.3) is 10.9 Å². The molecule has 188 valence electrons. The van der Waals surface area contributed by atoms with Crippen LogP contribution < -0.4 is 9.47 Å². The number of anilines is 1. The Labute approximate surface area is 215 Å². The van der Waals surface area contributed by atoms with Gasteiger partial charge in [-0.05, 0) is 67.3 Å². The lowest BCUT2D eigenvalue weighted by Gasteiger charge is -2.36. The van der Waals surface area contributed by atoms with Crippen LogP contribution in [0.4, 0.5) is 5.69 Å². The maximum atomic E-state index is 13.4. The number of aromatic hydroxyl groups is 2. The number of fused-ring (bicyclic) bond motifs is 2. The Morgan fingerprint density at radius 1 is 1.05 bits per heavy atom. The van der Waals surface area contributed by atoms with Crippen LogP contribution in [0.1, 0.15) is 45.2 Å². The Morgan fingerprint density at radius 2 is 1.86 bits per heavy atom. The van der Waals surface area contributed by atoms with Gasteiger partial charge in [-0.3, -0.25) is 9.59 Å². The summed E-state index contributed by atoms with van der Waals surface area (Å²) < 4.78 is 2.07. The number of rotatable bonds is 4. The van der Waals surface area contributed by atoms with E-state index in [0.29, 0.717) is 12.1 Å². The predicted octanol–water partition coefficient (Wildman–Crippen LogP) is 4.33. The largest absolute Gasteiger partial charge is 0.508 e. The highest BCUT2D eigenvalue weighted by Crippen LogP contribution is 2.35. The third-order valence-corrected chi connectivity index (χ3v) is 7.17. The number of aromatic nitrogens is 1. The molecule has 3 aromatic carbocycles. The molecule has 0 saturated heterocycles. The number of amides is 2. The molecule has 2 amide bonds. The van der Waals surface area contributed by atoms with Gasteiger partial charge in [-0.2, -0.15) is 0 Å². The molecule has 1 aliphatic rings. The summed E-state index contributed by atoms with van der Waals surface area (Å²) in [6, 6.07) is 19.5. The highest BCUT2D eigenvalue weighted by molar-refractivity contribution is 6.09. The summed E-state index contributed by atoms with van der Waals surface area (Å²) in [5.74, 6) is -0.801. The zero-order valence-corrected chi connectivity index (χ0v) is 21.2. The van der Waals surface area contributed by atoms with E-state index < -0.39 is 0 Å². The summed E-state index contributed by atoms with van der Waals surface area (Å²) >= 11 is 0. The van der Waals surface area contributed by atoms with Crippen molar-refractivity contribution in [1.82, 2.24) is 4.90 Å². The molecular weight excluding hydrogens is 466 g/mol. The molecule has 0 aliphatic carbocycles. The Hall–Kier alpha value is -4.39. The minimum absolute atomic E-state index is 0.0786. The predicted molar refractivity (Wildman–Crippen MR) is 142 cm³/mol. The minimum Gasteiger partial charge on any atom is -0.508 e. The zero-order valence-electron chi connectivity index (χ0n) is 21.2. The molecule has 0 fully saturated rings. The van der Waals surface area contributed by atoms with Crippen molar-refractivity contribution in [3.05, 3.63) is 95.2 Å². The SMILES string of the molecule is C[C@H]1CCc2cc(C(=O)N(C)Cc3cccc4c3ccc[n+]4C)ccc2N1C(=O)c1ccc(O)cc1O. The number of hydrogen-bond acceptors (Lipinski definition) is 4. The number of hydrogen-bond donors (Lipinski definition) is 2. The van der Waals surface area contributed by atoms with Crippen molar-refractivity contribution in [2.45, 2.75) is 32.4 Å². The summed E-state index contributed by atoms with van der Waals surface area (Å²) in [6.07, 6.45) is 3.48. The van der Waals surface area contributed by atoms with E-state index in [4.69, 9.17) is 0 Å². The first-order valence-corrected chi connectivity index (χ1v) is 12.3. The van der Waals surface area contributed by atoms with Crippen LogP contribution >= 0.6 is 0 Å². The number of benzene rings is 3. The molecule has 0 saturated carbocycles. The van der Waals surface area contributed by atoms with Gasteiger partial charge in [0.2, 0.25) is 5.52 Å². The topological polar surface area (TPSA) is 85.0 Å². The molecule has 1 atom stereocenters. The highest BCUT2D eigenvalue weighted by atomic mass is 16.3. The highest BCUT2D eigenvalue weighted by Gasteiger charge is 2.31. The lowest BCUT2D eigenvalue weighted by Crippen LogP contribution is -2.42. The number of carbonyl (C=O) groups excluding carboxylic acids is 2. The molecule has 0 unspecified atom stereocenters. The van der Waals surface area contributed by atoms with Gasteiger partial charge >= 0.3 is 0 Å². The fourth-order valence-electron chi connectivity index (χ4n) is 5.16. The molecule has 2 heterocycles. The number of phenols is 2. The molecule has 0 spiro atoms. The minimum atomic E-state index is -0.341. The van der Waals surface area contributed by atoms with Crippen LogP contribution in [0.15, 0.2) is 72.9 Å². The van der Waals surface area contributed by atoms with E-state index in [1.54, 1.807) is 22.9 Å². The van der Waals surface area contributed by atoms with Crippen molar-refractivity contribution < 1.29 is 24.4 Å². The van der Waals surface area contributed by atoms with Crippen LogP contribution in [0.3, 0.4) is 0 Å². The number of nitrogens with zero attached hydrogens (tertiary/aromatic N) is 3. The van der Waals surface area contributed by atoms with E-state index in [9.17, 15) is 19.8 Å². The van der Waals surface area contributed by atoms with Gasteiger partial charge in [0.25, 0.3) is 11.8 Å². The molecule has 37 heavy (non-hydrogen) atoms. The van der Waals surface area contributed by atoms with Gasteiger partial charge in [-0.1, -0.05) is 12.1 Å². The van der Waals surface area contributed by atoms with Gasteiger partial charge in [0.05, 0.1) is 10.9 Å². The maximum absolute atomic E-state index is 13.4. The maximum Gasteiger partial charge on any atom is 0.262 e. The monoisotopic (exact) mass is 496 g/mol. The van der Waals surface area contributed by atoms with Crippen molar-refractivity contribution >= 4 is 28.4 Å². The van der Waals surface area contributed by atoms with E-state index >= 15 is 0 Å². The molecule has 2 N–H and O–H groups in total. The van der Waals surface area contributed by atoms with E-state index in [-0.39, 0.29) is 34.9 Å². The Kier molecular flexibility index (Phi) is 6.29. The van der Waals surface area contributed by atoms with Gasteiger partial charge in [-0.15, -0.1) is 0 Å². The second-order valence-corrected chi connectivity index (χ2v) is 9.74. The van der Waals surface area contributed by atoms with Crippen molar-refractivity contribution in [3.8, 4) is 11.5 Å². The van der Waals surface area contributed by atoms with Crippen LogP contribution in [0.2, 0.25) is 0 Å². The number of carbonyl (C=O) groups is 2. The Morgan fingerprint density at radius 3 is 2.65 bits per heavy atom. The van der Waals surface area contributed by atoms with Crippen LogP contribution in [0, 0.1) is 0 Å². The number of aryl methyl sites for hydroxylation is 2. The van der Waals surface area contributed by atoms with E-state index in [1.165, 1.54) is 12.1 Å². The summed E-state index contributed by atoms with van der Waals surface area (Å²) in [5.41, 5.74) is 4.52. The molecule has 1 aromatic heterocycles. The number of pyridine rings is 1. The first kappa shape index (κ1) is 24.3. The van der Waals surface area contributed by atoms with E-state index in [0.717, 1.165) is 46.6 Å². The average Bonchev–Trinajstić information content (AvgIpc) is 2.88. The first-order chi connectivity index (χ1) is 17.7. The van der Waals surface area contributed by atoms with Crippen molar-refractivity contribution in [2.24, 2.45) is 7.05 Å². The van der Waals surface area contributed by atoms with Crippen LogP contribution in [-0.4, -0.2) is 40.0 Å². The van der Waals surface area contributed by atoms with E-state index in [1.807, 2.05) is 50.5 Å². The summed E-state index contributed by atoms with van der Waals surface area (Å²) in [6.45, 7) is 2.44. The third-order valence-electron chi connectivity index (χ3n) is 7.17. The smallest absolute Gasteiger partial charge is 0.262 e. The Balaban J connectivity index is 1.41. The van der Waals surface area contributed by atoms with Crippen molar-refractivity contribution in [2.75, 3.05) is 11.9 Å². The van der Waals surface area contributed by atoms with Crippen molar-refractivity contribution in [1.29, 1.82) is 0 Å². The van der Waals surface area contributed by atoms with E-state index in [2.05, 4.69) is 16.7 Å². The normalized spacial score (nSPS) is 14.9. The molecule has 0 bridgehead atoms. The lowest BCUT2D eigenvalue weighted by atomic mass is 9.93.